The van der Waals surface area contributed by atoms with Crippen molar-refractivity contribution in [2.45, 2.75) is 13.8 Å². The van der Waals surface area contributed by atoms with Crippen LogP contribution in [0.1, 0.15) is 21.5 Å². The van der Waals surface area contributed by atoms with Crippen molar-refractivity contribution < 1.29 is 24.2 Å². The van der Waals surface area contributed by atoms with Crippen LogP contribution in [0.3, 0.4) is 0 Å². The summed E-state index contributed by atoms with van der Waals surface area (Å²) in [7, 11) is 0. The summed E-state index contributed by atoms with van der Waals surface area (Å²) < 4.78 is 10.7. The standard InChI is InChI=1S/C19H21NO5/c1-13-8-14(2)10-17(9-13)24-7-6-20-19(23)15-4-3-5-16(11-15)25-12-18(21)22/h3-5,8-11H,6-7,12H2,1-2H3,(H,20,23)(H,21,22). The van der Waals surface area contributed by atoms with E-state index < -0.39 is 12.6 Å². The number of hydrogen-bond acceptors (Lipinski definition) is 4. The second kappa shape index (κ2) is 8.73. The van der Waals surface area contributed by atoms with Gasteiger partial charge >= 0.3 is 5.97 Å². The van der Waals surface area contributed by atoms with Crippen molar-refractivity contribution in [1.82, 2.24) is 5.32 Å². The van der Waals surface area contributed by atoms with Crippen molar-refractivity contribution in [1.29, 1.82) is 0 Å². The third-order valence-electron chi connectivity index (χ3n) is 3.31. The van der Waals surface area contributed by atoms with Crippen LogP contribution in [0.4, 0.5) is 0 Å². The maximum atomic E-state index is 12.1. The molecule has 2 aromatic rings. The Bertz CT molecular complexity index is 737. The molecule has 0 fully saturated rings. The largest absolute Gasteiger partial charge is 0.492 e. The molecule has 25 heavy (non-hydrogen) atoms. The number of ether oxygens (including phenoxy) is 2. The fraction of sp³-hybridized carbons (Fsp3) is 0.263. The smallest absolute Gasteiger partial charge is 0.341 e. The van der Waals surface area contributed by atoms with Gasteiger partial charge in [0.15, 0.2) is 6.61 Å². The summed E-state index contributed by atoms with van der Waals surface area (Å²) in [5, 5.41) is 11.4. The van der Waals surface area contributed by atoms with Crippen LogP contribution in [0.2, 0.25) is 0 Å². The summed E-state index contributed by atoms with van der Waals surface area (Å²) in [4.78, 5) is 22.6. The predicted molar refractivity (Wildman–Crippen MR) is 93.3 cm³/mol. The van der Waals surface area contributed by atoms with Gasteiger partial charge < -0.3 is 19.9 Å². The molecule has 0 saturated carbocycles. The third kappa shape index (κ3) is 6.18. The monoisotopic (exact) mass is 343 g/mol. The first-order valence-electron chi connectivity index (χ1n) is 7.88. The highest BCUT2D eigenvalue weighted by molar-refractivity contribution is 5.94. The number of aryl methyl sites for hydroxylation is 2. The number of benzene rings is 2. The second-order valence-electron chi connectivity index (χ2n) is 5.64. The van der Waals surface area contributed by atoms with Crippen LogP contribution >= 0.6 is 0 Å². The normalized spacial score (nSPS) is 10.2. The van der Waals surface area contributed by atoms with Gasteiger partial charge in [-0.25, -0.2) is 4.79 Å². The van der Waals surface area contributed by atoms with Gasteiger partial charge in [-0.15, -0.1) is 0 Å². The molecule has 0 spiro atoms. The summed E-state index contributed by atoms with van der Waals surface area (Å²) in [5.74, 6) is -0.236. The minimum absolute atomic E-state index is 0.273. The van der Waals surface area contributed by atoms with E-state index in [1.807, 2.05) is 26.0 Å². The summed E-state index contributed by atoms with van der Waals surface area (Å²) in [6.45, 7) is 4.26. The average Bonchev–Trinajstić information content (AvgIpc) is 2.56. The predicted octanol–water partition coefficient (Wildman–Crippen LogP) is 2.58. The molecular formula is C19H21NO5. The van der Waals surface area contributed by atoms with E-state index in [4.69, 9.17) is 14.6 Å². The molecule has 2 aromatic carbocycles. The quantitative estimate of drug-likeness (QED) is 0.720. The summed E-state index contributed by atoms with van der Waals surface area (Å²) in [6, 6.07) is 12.3. The van der Waals surface area contributed by atoms with Crippen LogP contribution in [0.5, 0.6) is 11.5 Å². The molecule has 6 nitrogen and oxygen atoms in total. The van der Waals surface area contributed by atoms with Crippen LogP contribution in [-0.2, 0) is 4.79 Å². The highest BCUT2D eigenvalue weighted by Gasteiger charge is 2.07. The highest BCUT2D eigenvalue weighted by atomic mass is 16.5. The van der Waals surface area contributed by atoms with E-state index in [9.17, 15) is 9.59 Å². The van der Waals surface area contributed by atoms with Crippen LogP contribution in [-0.4, -0.2) is 36.7 Å². The molecule has 0 aromatic heterocycles. The van der Waals surface area contributed by atoms with Crippen molar-refractivity contribution in [2.75, 3.05) is 19.8 Å². The number of nitrogens with one attached hydrogen (secondary N) is 1. The van der Waals surface area contributed by atoms with Crippen LogP contribution in [0.25, 0.3) is 0 Å². The van der Waals surface area contributed by atoms with E-state index in [2.05, 4.69) is 11.4 Å². The van der Waals surface area contributed by atoms with E-state index in [0.717, 1.165) is 16.9 Å². The first-order chi connectivity index (χ1) is 11.9. The fourth-order valence-electron chi connectivity index (χ4n) is 2.32. The Morgan fingerprint density at radius 2 is 1.72 bits per heavy atom. The number of amides is 1. The number of carboxylic acid groups (broad SMARTS) is 1. The third-order valence-corrected chi connectivity index (χ3v) is 3.31. The second-order valence-corrected chi connectivity index (χ2v) is 5.64. The number of rotatable bonds is 8. The first kappa shape index (κ1) is 18.3. The summed E-state index contributed by atoms with van der Waals surface area (Å²) in [5.41, 5.74) is 2.64. The lowest BCUT2D eigenvalue weighted by Crippen LogP contribution is -2.28. The summed E-state index contributed by atoms with van der Waals surface area (Å²) in [6.07, 6.45) is 0. The van der Waals surface area contributed by atoms with E-state index in [0.29, 0.717) is 24.5 Å². The number of carboxylic acids is 1. The molecule has 0 aliphatic rings. The van der Waals surface area contributed by atoms with Gasteiger partial charge in [-0.1, -0.05) is 12.1 Å². The van der Waals surface area contributed by atoms with E-state index >= 15 is 0 Å². The minimum Gasteiger partial charge on any atom is -0.492 e. The van der Waals surface area contributed by atoms with Gasteiger partial charge in [0.1, 0.15) is 18.1 Å². The van der Waals surface area contributed by atoms with Gasteiger partial charge in [0.2, 0.25) is 0 Å². The Kier molecular flexibility index (Phi) is 6.39. The van der Waals surface area contributed by atoms with E-state index in [-0.39, 0.29) is 5.91 Å². The molecule has 0 saturated heterocycles. The van der Waals surface area contributed by atoms with Gasteiger partial charge in [-0.05, 0) is 55.3 Å². The molecule has 0 unspecified atom stereocenters. The molecule has 2 rings (SSSR count). The Balaban J connectivity index is 1.81. The zero-order valence-electron chi connectivity index (χ0n) is 14.2. The van der Waals surface area contributed by atoms with Crippen molar-refractivity contribution in [3.05, 3.63) is 59.2 Å². The Labute approximate surface area is 146 Å². The minimum atomic E-state index is -1.07. The van der Waals surface area contributed by atoms with Gasteiger partial charge in [-0.3, -0.25) is 4.79 Å². The number of hydrogen-bond donors (Lipinski definition) is 2. The molecule has 1 amide bonds. The van der Waals surface area contributed by atoms with Crippen molar-refractivity contribution in [3.63, 3.8) is 0 Å². The van der Waals surface area contributed by atoms with Crippen molar-refractivity contribution >= 4 is 11.9 Å². The van der Waals surface area contributed by atoms with Gasteiger partial charge in [0.05, 0.1) is 6.54 Å². The Morgan fingerprint density at radius 1 is 1.00 bits per heavy atom. The fourth-order valence-corrected chi connectivity index (χ4v) is 2.32. The SMILES string of the molecule is Cc1cc(C)cc(OCCNC(=O)c2cccc(OCC(=O)O)c2)c1. The van der Waals surface area contributed by atoms with Crippen LogP contribution < -0.4 is 14.8 Å². The molecule has 0 bridgehead atoms. The Hall–Kier alpha value is -3.02. The molecule has 0 radical (unpaired) electrons. The lowest BCUT2D eigenvalue weighted by molar-refractivity contribution is -0.139. The van der Waals surface area contributed by atoms with Crippen molar-refractivity contribution in [3.8, 4) is 11.5 Å². The first-order valence-corrected chi connectivity index (χ1v) is 7.88. The zero-order valence-corrected chi connectivity index (χ0v) is 14.2. The van der Waals surface area contributed by atoms with Gasteiger partial charge in [0.25, 0.3) is 5.91 Å². The molecule has 0 aliphatic heterocycles. The molecule has 0 aliphatic carbocycles. The molecule has 2 N–H and O–H groups in total. The topological polar surface area (TPSA) is 84.9 Å². The van der Waals surface area contributed by atoms with Gasteiger partial charge in [0, 0.05) is 5.56 Å². The molecule has 0 atom stereocenters. The Morgan fingerprint density at radius 3 is 2.40 bits per heavy atom. The van der Waals surface area contributed by atoms with Crippen LogP contribution in [0, 0.1) is 13.8 Å². The van der Waals surface area contributed by atoms with E-state index in [1.165, 1.54) is 6.07 Å². The van der Waals surface area contributed by atoms with Gasteiger partial charge in [-0.2, -0.15) is 0 Å². The highest BCUT2D eigenvalue weighted by Crippen LogP contribution is 2.16. The van der Waals surface area contributed by atoms with Crippen molar-refractivity contribution in [2.24, 2.45) is 0 Å². The number of carbonyl (C=O) groups excluding carboxylic acids is 1. The maximum Gasteiger partial charge on any atom is 0.341 e. The lowest BCUT2D eigenvalue weighted by Gasteiger charge is -2.10. The molecule has 0 heterocycles. The molecule has 132 valence electrons. The number of aliphatic carboxylic acids is 1. The van der Waals surface area contributed by atoms with E-state index in [1.54, 1.807) is 18.2 Å². The zero-order chi connectivity index (χ0) is 18.2. The maximum absolute atomic E-state index is 12.1. The molecular weight excluding hydrogens is 322 g/mol. The lowest BCUT2D eigenvalue weighted by atomic mass is 10.1. The summed E-state index contributed by atoms with van der Waals surface area (Å²) >= 11 is 0. The van der Waals surface area contributed by atoms with Crippen LogP contribution in [0.15, 0.2) is 42.5 Å². The average molecular weight is 343 g/mol. The number of carbonyl (C=O) groups is 2. The molecule has 6 heteroatoms.